The van der Waals surface area contributed by atoms with Crippen LogP contribution in [0.1, 0.15) is 17.2 Å². The van der Waals surface area contributed by atoms with Gasteiger partial charge in [0.15, 0.2) is 0 Å². The number of hydrogen-bond donors (Lipinski definition) is 4. The highest BCUT2D eigenvalue weighted by molar-refractivity contribution is 5.89. The lowest BCUT2D eigenvalue weighted by molar-refractivity contribution is 0.0172. The molecule has 0 heterocycles. The van der Waals surface area contributed by atoms with Crippen LogP contribution < -0.4 is 5.32 Å². The number of fused-ring (bicyclic) bond motifs is 1. The molecule has 0 saturated carbocycles. The first-order chi connectivity index (χ1) is 13.1. The van der Waals surface area contributed by atoms with Gasteiger partial charge in [0.2, 0.25) is 0 Å². The van der Waals surface area contributed by atoms with Crippen molar-refractivity contribution in [2.24, 2.45) is 0 Å². The summed E-state index contributed by atoms with van der Waals surface area (Å²) in [5.74, 6) is -0.0914. The number of aliphatic hydroxyl groups is 2. The zero-order chi connectivity index (χ0) is 19.2. The molecule has 6 heteroatoms. The van der Waals surface area contributed by atoms with Gasteiger partial charge in [-0.3, -0.25) is 0 Å². The molecule has 2 unspecified atom stereocenters. The molecule has 0 bridgehead atoms. The molecule has 3 rings (SSSR count). The van der Waals surface area contributed by atoms with E-state index < -0.39 is 18.3 Å². The topological polar surface area (TPSA) is 99.0 Å². The van der Waals surface area contributed by atoms with Crippen LogP contribution in [-0.2, 0) is 11.3 Å². The second-order valence-corrected chi connectivity index (χ2v) is 6.18. The Labute approximate surface area is 156 Å². The predicted molar refractivity (Wildman–Crippen MR) is 101 cm³/mol. The van der Waals surface area contributed by atoms with Crippen molar-refractivity contribution in [3.05, 3.63) is 77.9 Å². The van der Waals surface area contributed by atoms with Crippen molar-refractivity contribution in [2.45, 2.75) is 18.8 Å². The molecule has 27 heavy (non-hydrogen) atoms. The number of carbonyl (C=O) groups is 1. The predicted octanol–water partition coefficient (Wildman–Crippen LogP) is 2.87. The van der Waals surface area contributed by atoms with E-state index in [4.69, 9.17) is 4.74 Å². The van der Waals surface area contributed by atoms with Gasteiger partial charge >= 0.3 is 6.09 Å². The van der Waals surface area contributed by atoms with Crippen LogP contribution in [0.5, 0.6) is 5.75 Å². The highest BCUT2D eigenvalue weighted by Gasteiger charge is 2.23. The average Bonchev–Trinajstić information content (AvgIpc) is 2.71. The van der Waals surface area contributed by atoms with Gasteiger partial charge in [-0.15, -0.1) is 0 Å². The van der Waals surface area contributed by atoms with Gasteiger partial charge < -0.3 is 25.4 Å². The van der Waals surface area contributed by atoms with Gasteiger partial charge in [0.25, 0.3) is 0 Å². The summed E-state index contributed by atoms with van der Waals surface area (Å²) in [4.78, 5) is 11.7. The van der Waals surface area contributed by atoms with E-state index in [0.29, 0.717) is 5.39 Å². The molecule has 4 N–H and O–H groups in total. The van der Waals surface area contributed by atoms with Gasteiger partial charge in [-0.2, -0.15) is 0 Å². The molecule has 0 aliphatic rings. The van der Waals surface area contributed by atoms with E-state index in [2.05, 4.69) is 5.32 Å². The molecule has 140 valence electrons. The molecular formula is C21H21NO5. The molecule has 0 aromatic heterocycles. The fraction of sp³-hybridized carbons (Fsp3) is 0.190. The number of carbonyl (C=O) groups excluding carboxylic acids is 1. The average molecular weight is 367 g/mol. The van der Waals surface area contributed by atoms with Gasteiger partial charge in [-0.25, -0.2) is 4.79 Å². The van der Waals surface area contributed by atoms with E-state index in [1.54, 1.807) is 24.3 Å². The molecule has 0 saturated heterocycles. The summed E-state index contributed by atoms with van der Waals surface area (Å²) in [6.07, 6.45) is -3.36. The highest BCUT2D eigenvalue weighted by atomic mass is 16.5. The summed E-state index contributed by atoms with van der Waals surface area (Å²) < 4.78 is 5.05. The van der Waals surface area contributed by atoms with E-state index in [1.165, 1.54) is 0 Å². The number of amides is 1. The minimum atomic E-state index is -1.36. The number of phenols is 1. The zero-order valence-electron chi connectivity index (χ0n) is 14.6. The molecule has 0 fully saturated rings. The number of aliphatic hydroxyl groups excluding tert-OH is 2. The van der Waals surface area contributed by atoms with Crippen molar-refractivity contribution >= 4 is 16.9 Å². The number of phenolic OH excluding ortho intramolecular Hbond substituents is 1. The Morgan fingerprint density at radius 1 is 0.963 bits per heavy atom. The summed E-state index contributed by atoms with van der Waals surface area (Å²) in [6, 6.07) is 19.7. The Balaban J connectivity index is 1.57. The van der Waals surface area contributed by atoms with E-state index in [9.17, 15) is 20.1 Å². The SMILES string of the molecule is O=C(NCC(O)C(O)c1ccc2ccccc2c1O)OCc1ccccc1. The lowest BCUT2D eigenvalue weighted by atomic mass is 9.98. The summed E-state index contributed by atoms with van der Waals surface area (Å²) in [5.41, 5.74) is 1.04. The molecule has 0 radical (unpaired) electrons. The van der Waals surface area contributed by atoms with Gasteiger partial charge in [-0.05, 0) is 10.9 Å². The third-order valence-corrected chi connectivity index (χ3v) is 4.28. The van der Waals surface area contributed by atoms with E-state index in [-0.39, 0.29) is 24.5 Å². The number of hydrogen-bond acceptors (Lipinski definition) is 5. The van der Waals surface area contributed by atoms with E-state index in [0.717, 1.165) is 10.9 Å². The molecule has 2 atom stereocenters. The second-order valence-electron chi connectivity index (χ2n) is 6.18. The lowest BCUT2D eigenvalue weighted by Crippen LogP contribution is -2.35. The smallest absolute Gasteiger partial charge is 0.407 e. The first kappa shape index (κ1) is 18.7. The molecule has 3 aromatic carbocycles. The van der Waals surface area contributed by atoms with Crippen LogP contribution in [0, 0.1) is 0 Å². The Hall–Kier alpha value is -3.09. The Kier molecular flexibility index (Phi) is 5.90. The minimum Gasteiger partial charge on any atom is -0.507 e. The molecule has 0 aliphatic heterocycles. The van der Waals surface area contributed by atoms with Crippen LogP contribution in [0.2, 0.25) is 0 Å². The first-order valence-electron chi connectivity index (χ1n) is 8.57. The second kappa shape index (κ2) is 8.53. The van der Waals surface area contributed by atoms with E-state index in [1.807, 2.05) is 42.5 Å². The number of aromatic hydroxyl groups is 1. The molecule has 0 aliphatic carbocycles. The maximum Gasteiger partial charge on any atom is 0.407 e. The van der Waals surface area contributed by atoms with E-state index >= 15 is 0 Å². The normalized spacial score (nSPS) is 13.1. The fourth-order valence-electron chi connectivity index (χ4n) is 2.79. The maximum atomic E-state index is 11.7. The van der Waals surface area contributed by atoms with Gasteiger partial charge in [-0.1, -0.05) is 66.7 Å². The van der Waals surface area contributed by atoms with Crippen LogP contribution in [0.25, 0.3) is 10.8 Å². The number of alkyl carbamates (subject to hydrolysis) is 1. The third-order valence-electron chi connectivity index (χ3n) is 4.28. The number of ether oxygens (including phenoxy) is 1. The standard InChI is InChI=1S/C21H21NO5/c23-18(12-22-21(26)27-13-14-6-2-1-3-7-14)20(25)17-11-10-15-8-4-5-9-16(15)19(17)24/h1-11,18,20,23-25H,12-13H2,(H,22,26). The highest BCUT2D eigenvalue weighted by Crippen LogP contribution is 2.33. The summed E-state index contributed by atoms with van der Waals surface area (Å²) in [5, 5.41) is 34.7. The van der Waals surface area contributed by atoms with Crippen LogP contribution in [0.3, 0.4) is 0 Å². The first-order valence-corrected chi connectivity index (χ1v) is 8.57. The van der Waals surface area contributed by atoms with Crippen molar-refractivity contribution in [3.63, 3.8) is 0 Å². The molecule has 1 amide bonds. The number of benzene rings is 3. The monoisotopic (exact) mass is 367 g/mol. The van der Waals surface area contributed by atoms with Crippen LogP contribution >= 0.6 is 0 Å². The largest absolute Gasteiger partial charge is 0.507 e. The van der Waals surface area contributed by atoms with Crippen molar-refractivity contribution in [1.82, 2.24) is 5.32 Å². The lowest BCUT2D eigenvalue weighted by Gasteiger charge is -2.20. The molecule has 3 aromatic rings. The van der Waals surface area contributed by atoms with Crippen LogP contribution in [-0.4, -0.2) is 34.1 Å². The van der Waals surface area contributed by atoms with Gasteiger partial charge in [0.05, 0.1) is 0 Å². The van der Waals surface area contributed by atoms with Crippen LogP contribution in [0.15, 0.2) is 66.7 Å². The summed E-state index contributed by atoms with van der Waals surface area (Å²) in [7, 11) is 0. The van der Waals surface area contributed by atoms with Gasteiger partial charge in [0, 0.05) is 17.5 Å². The third kappa shape index (κ3) is 4.55. The summed E-state index contributed by atoms with van der Waals surface area (Å²) >= 11 is 0. The van der Waals surface area contributed by atoms with Gasteiger partial charge in [0.1, 0.15) is 24.6 Å². The summed E-state index contributed by atoms with van der Waals surface area (Å²) in [6.45, 7) is -0.113. The quantitative estimate of drug-likeness (QED) is 0.537. The van der Waals surface area contributed by atoms with Crippen LogP contribution in [0.4, 0.5) is 4.79 Å². The molecule has 6 nitrogen and oxygen atoms in total. The van der Waals surface area contributed by atoms with Crippen molar-refractivity contribution < 1.29 is 24.9 Å². The van der Waals surface area contributed by atoms with Crippen molar-refractivity contribution in [1.29, 1.82) is 0 Å². The maximum absolute atomic E-state index is 11.7. The zero-order valence-corrected chi connectivity index (χ0v) is 14.6. The van der Waals surface area contributed by atoms with Crippen molar-refractivity contribution in [3.8, 4) is 5.75 Å². The Morgan fingerprint density at radius 3 is 2.44 bits per heavy atom. The molecule has 0 spiro atoms. The Morgan fingerprint density at radius 2 is 1.67 bits per heavy atom. The molecular weight excluding hydrogens is 346 g/mol. The number of nitrogens with one attached hydrogen (secondary N) is 1. The number of rotatable bonds is 6. The minimum absolute atomic E-state index is 0.0914. The Bertz CT molecular complexity index is 913. The van der Waals surface area contributed by atoms with Crippen molar-refractivity contribution in [2.75, 3.05) is 6.54 Å². The fourth-order valence-corrected chi connectivity index (χ4v) is 2.79.